The molecule has 66 valence electrons. The molecule has 3 nitrogen and oxygen atoms in total. The molecule has 1 aromatic rings. The van der Waals surface area contributed by atoms with E-state index in [1.54, 1.807) is 12.4 Å². The summed E-state index contributed by atoms with van der Waals surface area (Å²) in [5.74, 6) is 0.449. The Kier molecular flexibility index (Phi) is 3.17. The smallest absolute Gasteiger partial charge is 0.0868 e. The minimum atomic E-state index is -0.0339. The molecule has 0 saturated carbocycles. The Morgan fingerprint density at radius 2 is 2.17 bits per heavy atom. The topological polar surface area (TPSA) is 46.0 Å². The Morgan fingerprint density at radius 3 is 2.58 bits per heavy atom. The molecule has 0 spiro atoms. The summed E-state index contributed by atoms with van der Waals surface area (Å²) in [4.78, 5) is 8.25. The predicted molar refractivity (Wildman–Crippen MR) is 46.7 cm³/mol. The highest BCUT2D eigenvalue weighted by Gasteiger charge is 2.03. The van der Waals surface area contributed by atoms with Gasteiger partial charge in [0.2, 0.25) is 0 Å². The average Bonchev–Trinajstić information content (AvgIpc) is 2.17. The van der Waals surface area contributed by atoms with Crippen LogP contribution in [0.4, 0.5) is 0 Å². The third kappa shape index (κ3) is 2.01. The summed E-state index contributed by atoms with van der Waals surface area (Å²) >= 11 is 0. The lowest BCUT2D eigenvalue weighted by molar-refractivity contribution is 0.276. The molecule has 0 bridgehead atoms. The molecule has 0 aliphatic rings. The van der Waals surface area contributed by atoms with Gasteiger partial charge in [-0.1, -0.05) is 13.8 Å². The first kappa shape index (κ1) is 9.13. The van der Waals surface area contributed by atoms with Crippen LogP contribution in [0.5, 0.6) is 0 Å². The second kappa shape index (κ2) is 4.16. The summed E-state index contributed by atoms with van der Waals surface area (Å²) in [6, 6.07) is 0. The largest absolute Gasteiger partial charge is 0.390 e. The molecule has 0 radical (unpaired) electrons. The number of aromatic nitrogens is 2. The molecule has 0 aromatic carbocycles. The van der Waals surface area contributed by atoms with Crippen LogP contribution < -0.4 is 0 Å². The first-order chi connectivity index (χ1) is 5.77. The van der Waals surface area contributed by atoms with E-state index in [2.05, 4.69) is 23.8 Å². The minimum Gasteiger partial charge on any atom is -0.390 e. The van der Waals surface area contributed by atoms with Gasteiger partial charge in [0.15, 0.2) is 0 Å². The zero-order valence-corrected chi connectivity index (χ0v) is 7.49. The van der Waals surface area contributed by atoms with Gasteiger partial charge in [-0.05, 0) is 12.3 Å². The van der Waals surface area contributed by atoms with E-state index in [9.17, 15) is 0 Å². The van der Waals surface area contributed by atoms with Crippen molar-refractivity contribution in [2.24, 2.45) is 0 Å². The maximum atomic E-state index is 8.72. The van der Waals surface area contributed by atoms with Gasteiger partial charge in [-0.3, -0.25) is 9.97 Å². The quantitative estimate of drug-likeness (QED) is 0.739. The standard InChI is InChI=1S/C9H14N2O/c1-3-7(2)9-5-10-8(6-12)4-11-9/h4-5,7,12H,3,6H2,1-2H3. The van der Waals surface area contributed by atoms with E-state index in [1.165, 1.54) is 0 Å². The molecular weight excluding hydrogens is 152 g/mol. The molecule has 0 saturated heterocycles. The highest BCUT2D eigenvalue weighted by atomic mass is 16.3. The van der Waals surface area contributed by atoms with Crippen molar-refractivity contribution >= 4 is 0 Å². The molecule has 3 heteroatoms. The summed E-state index contributed by atoms with van der Waals surface area (Å²) in [6.07, 6.45) is 4.42. The Bertz CT molecular complexity index is 233. The van der Waals surface area contributed by atoms with E-state index in [1.807, 2.05) is 0 Å². The Balaban J connectivity index is 2.77. The Labute approximate surface area is 72.5 Å². The fraction of sp³-hybridized carbons (Fsp3) is 0.556. The second-order valence-corrected chi connectivity index (χ2v) is 2.90. The van der Waals surface area contributed by atoms with Crippen LogP contribution in [-0.4, -0.2) is 15.1 Å². The maximum absolute atomic E-state index is 8.72. The molecule has 1 unspecified atom stereocenters. The molecule has 12 heavy (non-hydrogen) atoms. The highest BCUT2D eigenvalue weighted by Crippen LogP contribution is 2.14. The monoisotopic (exact) mass is 166 g/mol. The molecule has 0 fully saturated rings. The van der Waals surface area contributed by atoms with Crippen LogP contribution in [-0.2, 0) is 6.61 Å². The molecule has 1 rings (SSSR count). The Morgan fingerprint density at radius 1 is 1.42 bits per heavy atom. The van der Waals surface area contributed by atoms with Gasteiger partial charge in [0.1, 0.15) is 0 Å². The van der Waals surface area contributed by atoms with Crippen molar-refractivity contribution in [1.82, 2.24) is 9.97 Å². The lowest BCUT2D eigenvalue weighted by Gasteiger charge is -2.06. The summed E-state index contributed by atoms with van der Waals surface area (Å²) in [7, 11) is 0. The van der Waals surface area contributed by atoms with Gasteiger partial charge in [0.25, 0.3) is 0 Å². The molecule has 1 aromatic heterocycles. The zero-order valence-electron chi connectivity index (χ0n) is 7.49. The molecule has 0 aliphatic heterocycles. The summed E-state index contributed by atoms with van der Waals surface area (Å²) in [6.45, 7) is 4.20. The predicted octanol–water partition coefficient (Wildman–Crippen LogP) is 1.48. The molecule has 1 heterocycles. The van der Waals surface area contributed by atoms with Crippen molar-refractivity contribution in [2.75, 3.05) is 0 Å². The van der Waals surface area contributed by atoms with E-state index in [0.717, 1.165) is 12.1 Å². The number of aliphatic hydroxyl groups excluding tert-OH is 1. The Hall–Kier alpha value is -0.960. The van der Waals surface area contributed by atoms with E-state index in [0.29, 0.717) is 11.6 Å². The highest BCUT2D eigenvalue weighted by molar-refractivity contribution is 5.05. The summed E-state index contributed by atoms with van der Waals surface area (Å²) in [5, 5.41) is 8.72. The van der Waals surface area contributed by atoms with Crippen LogP contribution in [0, 0.1) is 0 Å². The summed E-state index contributed by atoms with van der Waals surface area (Å²) in [5.41, 5.74) is 1.62. The van der Waals surface area contributed by atoms with E-state index < -0.39 is 0 Å². The van der Waals surface area contributed by atoms with Crippen molar-refractivity contribution in [2.45, 2.75) is 32.8 Å². The lowest BCUT2D eigenvalue weighted by Crippen LogP contribution is -1.99. The fourth-order valence-electron chi connectivity index (χ4n) is 0.910. The molecular formula is C9H14N2O. The normalized spacial score (nSPS) is 12.9. The third-order valence-electron chi connectivity index (χ3n) is 2.00. The van der Waals surface area contributed by atoms with Crippen molar-refractivity contribution in [3.63, 3.8) is 0 Å². The molecule has 1 atom stereocenters. The molecule has 0 aliphatic carbocycles. The van der Waals surface area contributed by atoms with Gasteiger partial charge in [-0.15, -0.1) is 0 Å². The van der Waals surface area contributed by atoms with Crippen molar-refractivity contribution in [3.05, 3.63) is 23.8 Å². The number of aliphatic hydroxyl groups is 1. The lowest BCUT2D eigenvalue weighted by atomic mass is 10.1. The van der Waals surface area contributed by atoms with Crippen molar-refractivity contribution < 1.29 is 5.11 Å². The van der Waals surface area contributed by atoms with Gasteiger partial charge in [-0.25, -0.2) is 0 Å². The second-order valence-electron chi connectivity index (χ2n) is 2.90. The van der Waals surface area contributed by atoms with Gasteiger partial charge in [0, 0.05) is 6.20 Å². The minimum absolute atomic E-state index is 0.0339. The SMILES string of the molecule is CCC(C)c1cnc(CO)cn1. The van der Waals surface area contributed by atoms with Gasteiger partial charge in [-0.2, -0.15) is 0 Å². The van der Waals surface area contributed by atoms with Crippen LogP contribution in [0.25, 0.3) is 0 Å². The number of hydrogen-bond donors (Lipinski definition) is 1. The third-order valence-corrected chi connectivity index (χ3v) is 2.00. The van der Waals surface area contributed by atoms with Gasteiger partial charge < -0.3 is 5.11 Å². The van der Waals surface area contributed by atoms with Crippen LogP contribution in [0.1, 0.15) is 37.6 Å². The van der Waals surface area contributed by atoms with Crippen LogP contribution in [0.15, 0.2) is 12.4 Å². The van der Waals surface area contributed by atoms with Crippen molar-refractivity contribution in [1.29, 1.82) is 0 Å². The van der Waals surface area contributed by atoms with E-state index in [4.69, 9.17) is 5.11 Å². The fourth-order valence-corrected chi connectivity index (χ4v) is 0.910. The van der Waals surface area contributed by atoms with Crippen molar-refractivity contribution in [3.8, 4) is 0 Å². The molecule has 0 amide bonds. The summed E-state index contributed by atoms with van der Waals surface area (Å²) < 4.78 is 0. The number of hydrogen-bond acceptors (Lipinski definition) is 3. The van der Waals surface area contributed by atoms with E-state index >= 15 is 0 Å². The number of nitrogens with zero attached hydrogens (tertiary/aromatic N) is 2. The van der Waals surface area contributed by atoms with E-state index in [-0.39, 0.29) is 6.61 Å². The van der Waals surface area contributed by atoms with Crippen LogP contribution in [0.2, 0.25) is 0 Å². The van der Waals surface area contributed by atoms with Crippen LogP contribution in [0.3, 0.4) is 0 Å². The van der Waals surface area contributed by atoms with Crippen LogP contribution >= 0.6 is 0 Å². The maximum Gasteiger partial charge on any atom is 0.0868 e. The molecule has 1 N–H and O–H groups in total. The average molecular weight is 166 g/mol. The first-order valence-electron chi connectivity index (χ1n) is 4.19. The number of rotatable bonds is 3. The van der Waals surface area contributed by atoms with Gasteiger partial charge >= 0.3 is 0 Å². The van der Waals surface area contributed by atoms with Gasteiger partial charge in [0.05, 0.1) is 24.2 Å². The first-order valence-corrected chi connectivity index (χ1v) is 4.19. The zero-order chi connectivity index (χ0) is 8.97.